The van der Waals surface area contributed by atoms with Gasteiger partial charge in [0.05, 0.1) is 10.5 Å². The van der Waals surface area contributed by atoms with Gasteiger partial charge >= 0.3 is 0 Å². The fraction of sp³-hybridized carbons (Fsp3) is 0.200. The summed E-state index contributed by atoms with van der Waals surface area (Å²) in [5, 5.41) is 5.22. The van der Waals surface area contributed by atoms with Crippen molar-refractivity contribution in [1.29, 1.82) is 0 Å². The first-order valence-corrected chi connectivity index (χ1v) is 7.89. The number of H-pyrrole nitrogens is 1. The van der Waals surface area contributed by atoms with Crippen molar-refractivity contribution in [3.05, 3.63) is 56.9 Å². The predicted molar refractivity (Wildman–Crippen MR) is 90.8 cm³/mol. The van der Waals surface area contributed by atoms with Crippen LogP contribution in [0.1, 0.15) is 11.4 Å². The zero-order chi connectivity index (χ0) is 15.5. The monoisotopic (exact) mass is 354 g/mol. The number of hydrogen-bond acceptors (Lipinski definition) is 3. The van der Waals surface area contributed by atoms with Crippen LogP contribution >= 0.6 is 34.8 Å². The van der Waals surface area contributed by atoms with E-state index in [1.807, 2.05) is 18.2 Å². The fourth-order valence-electron chi connectivity index (χ4n) is 2.20. The molecule has 22 heavy (non-hydrogen) atoms. The second-order valence-electron chi connectivity index (χ2n) is 4.91. The molecule has 0 spiro atoms. The molecule has 0 aliphatic carbocycles. The number of nitrogens with zero attached hydrogens (tertiary/aromatic N) is 2. The normalized spacial score (nSPS) is 11.2. The highest BCUT2D eigenvalue weighted by molar-refractivity contribution is 6.34. The van der Waals surface area contributed by atoms with Crippen LogP contribution in [0.3, 0.4) is 0 Å². The summed E-state index contributed by atoms with van der Waals surface area (Å²) in [5.41, 5.74) is 2.58. The van der Waals surface area contributed by atoms with Crippen molar-refractivity contribution in [3.63, 3.8) is 0 Å². The summed E-state index contributed by atoms with van der Waals surface area (Å²) in [4.78, 5) is 11.8. The molecule has 0 aliphatic heterocycles. The van der Waals surface area contributed by atoms with Crippen molar-refractivity contribution < 1.29 is 0 Å². The molecule has 0 aliphatic rings. The van der Waals surface area contributed by atoms with Crippen LogP contribution in [0.4, 0.5) is 0 Å². The molecule has 114 valence electrons. The summed E-state index contributed by atoms with van der Waals surface area (Å²) in [6.07, 6.45) is 2.36. The van der Waals surface area contributed by atoms with E-state index in [0.717, 1.165) is 29.9 Å². The average molecular weight is 356 g/mol. The average Bonchev–Trinajstić information content (AvgIpc) is 2.84. The SMILES string of the molecule is Clc1cc(Cl)cc(CNCCc2nc3ncc(Cl)cc3[nH]2)c1. The molecular weight excluding hydrogens is 343 g/mol. The van der Waals surface area contributed by atoms with Crippen molar-refractivity contribution in [3.8, 4) is 0 Å². The number of pyridine rings is 1. The lowest BCUT2D eigenvalue weighted by Crippen LogP contribution is -2.17. The smallest absolute Gasteiger partial charge is 0.177 e. The van der Waals surface area contributed by atoms with E-state index in [9.17, 15) is 0 Å². The molecular formula is C15H13Cl3N4. The minimum atomic E-state index is 0.596. The Hall–Kier alpha value is -1.33. The lowest BCUT2D eigenvalue weighted by atomic mass is 10.2. The Balaban J connectivity index is 1.55. The van der Waals surface area contributed by atoms with Crippen molar-refractivity contribution in [2.24, 2.45) is 0 Å². The molecule has 7 heteroatoms. The Morgan fingerprint density at radius 3 is 2.55 bits per heavy atom. The molecule has 0 radical (unpaired) electrons. The van der Waals surface area contributed by atoms with Crippen molar-refractivity contribution in [2.45, 2.75) is 13.0 Å². The van der Waals surface area contributed by atoms with E-state index >= 15 is 0 Å². The molecule has 3 aromatic rings. The fourth-order valence-corrected chi connectivity index (χ4v) is 2.92. The van der Waals surface area contributed by atoms with E-state index in [1.54, 1.807) is 12.3 Å². The van der Waals surface area contributed by atoms with Crippen LogP contribution in [0.25, 0.3) is 11.2 Å². The van der Waals surface area contributed by atoms with Gasteiger partial charge in [-0.2, -0.15) is 0 Å². The van der Waals surface area contributed by atoms with Gasteiger partial charge in [-0.3, -0.25) is 0 Å². The van der Waals surface area contributed by atoms with Crippen molar-refractivity contribution >= 4 is 46.0 Å². The first kappa shape index (κ1) is 15.6. The maximum absolute atomic E-state index is 5.97. The third kappa shape index (κ3) is 3.90. The molecule has 1 aromatic carbocycles. The van der Waals surface area contributed by atoms with Crippen LogP contribution < -0.4 is 5.32 Å². The molecule has 2 aromatic heterocycles. The molecule has 3 rings (SSSR count). The van der Waals surface area contributed by atoms with Gasteiger partial charge in [0, 0.05) is 35.8 Å². The first-order chi connectivity index (χ1) is 10.6. The quantitative estimate of drug-likeness (QED) is 0.673. The maximum Gasteiger partial charge on any atom is 0.177 e. The van der Waals surface area contributed by atoms with Crippen LogP contribution in [-0.2, 0) is 13.0 Å². The molecule has 0 amide bonds. The van der Waals surface area contributed by atoms with E-state index in [0.29, 0.717) is 27.3 Å². The number of hydrogen-bond donors (Lipinski definition) is 2. The number of imidazole rings is 1. The minimum absolute atomic E-state index is 0.596. The summed E-state index contributed by atoms with van der Waals surface area (Å²) in [5.74, 6) is 0.876. The summed E-state index contributed by atoms with van der Waals surface area (Å²) < 4.78 is 0. The van der Waals surface area contributed by atoms with E-state index in [1.165, 1.54) is 0 Å². The van der Waals surface area contributed by atoms with Gasteiger partial charge in [-0.05, 0) is 29.8 Å². The first-order valence-electron chi connectivity index (χ1n) is 6.76. The van der Waals surface area contributed by atoms with Gasteiger partial charge in [-0.25, -0.2) is 9.97 Å². The number of fused-ring (bicyclic) bond motifs is 1. The third-order valence-corrected chi connectivity index (χ3v) is 3.79. The van der Waals surface area contributed by atoms with E-state index in [4.69, 9.17) is 34.8 Å². The van der Waals surface area contributed by atoms with E-state index in [2.05, 4.69) is 20.3 Å². The molecule has 2 heterocycles. The topological polar surface area (TPSA) is 53.6 Å². The highest BCUT2D eigenvalue weighted by atomic mass is 35.5. The minimum Gasteiger partial charge on any atom is -0.341 e. The molecule has 0 fully saturated rings. The molecule has 0 saturated heterocycles. The van der Waals surface area contributed by atoms with Gasteiger partial charge in [0.2, 0.25) is 0 Å². The third-order valence-electron chi connectivity index (χ3n) is 3.14. The van der Waals surface area contributed by atoms with Gasteiger partial charge in [-0.15, -0.1) is 0 Å². The van der Waals surface area contributed by atoms with Gasteiger partial charge < -0.3 is 10.3 Å². The number of rotatable bonds is 5. The van der Waals surface area contributed by atoms with Crippen LogP contribution in [0, 0.1) is 0 Å². The van der Waals surface area contributed by atoms with Crippen LogP contribution in [0.15, 0.2) is 30.5 Å². The number of nitrogens with one attached hydrogen (secondary N) is 2. The lowest BCUT2D eigenvalue weighted by Gasteiger charge is -2.05. The Kier molecular flexibility index (Phi) is 4.84. The molecule has 4 nitrogen and oxygen atoms in total. The van der Waals surface area contributed by atoms with Gasteiger partial charge in [0.25, 0.3) is 0 Å². The standard InChI is InChI=1S/C15H13Cl3N4/c16-10-3-9(4-11(17)5-10)7-19-2-1-14-21-13-6-12(18)8-20-15(13)22-14/h3-6,8,19H,1-2,7H2,(H,20,21,22). The largest absolute Gasteiger partial charge is 0.341 e. The highest BCUT2D eigenvalue weighted by Crippen LogP contribution is 2.19. The Labute approximate surface area is 142 Å². The number of aromatic amines is 1. The Morgan fingerprint density at radius 2 is 1.77 bits per heavy atom. The summed E-state index contributed by atoms with van der Waals surface area (Å²) in [6, 6.07) is 7.34. The Morgan fingerprint density at radius 1 is 1.00 bits per heavy atom. The second-order valence-corrected chi connectivity index (χ2v) is 6.22. The Bertz CT molecular complexity index is 780. The molecule has 0 bridgehead atoms. The molecule has 0 saturated carbocycles. The highest BCUT2D eigenvalue weighted by Gasteiger charge is 2.04. The lowest BCUT2D eigenvalue weighted by molar-refractivity contribution is 0.675. The number of aromatic nitrogens is 3. The second kappa shape index (κ2) is 6.84. The molecule has 0 unspecified atom stereocenters. The summed E-state index contributed by atoms with van der Waals surface area (Å²) >= 11 is 17.8. The van der Waals surface area contributed by atoms with E-state index < -0.39 is 0 Å². The number of halogens is 3. The zero-order valence-corrected chi connectivity index (χ0v) is 13.8. The van der Waals surface area contributed by atoms with E-state index in [-0.39, 0.29) is 0 Å². The molecule has 2 N–H and O–H groups in total. The van der Waals surface area contributed by atoms with Crippen LogP contribution in [0.2, 0.25) is 15.1 Å². The maximum atomic E-state index is 5.97. The summed E-state index contributed by atoms with van der Waals surface area (Å²) in [7, 11) is 0. The summed E-state index contributed by atoms with van der Waals surface area (Å²) in [6.45, 7) is 1.47. The zero-order valence-electron chi connectivity index (χ0n) is 11.5. The van der Waals surface area contributed by atoms with Gasteiger partial charge in [0.15, 0.2) is 5.65 Å². The van der Waals surface area contributed by atoms with Crippen LogP contribution in [-0.4, -0.2) is 21.5 Å². The van der Waals surface area contributed by atoms with Crippen LogP contribution in [0.5, 0.6) is 0 Å². The number of benzene rings is 1. The predicted octanol–water partition coefficient (Wildman–Crippen LogP) is 4.25. The molecule has 0 atom stereocenters. The van der Waals surface area contributed by atoms with Crippen molar-refractivity contribution in [1.82, 2.24) is 20.3 Å². The van der Waals surface area contributed by atoms with Gasteiger partial charge in [-0.1, -0.05) is 34.8 Å². The van der Waals surface area contributed by atoms with Gasteiger partial charge in [0.1, 0.15) is 5.82 Å². The van der Waals surface area contributed by atoms with Crippen molar-refractivity contribution in [2.75, 3.05) is 6.54 Å².